The number of aromatic nitrogens is 2. The first-order valence-corrected chi connectivity index (χ1v) is 9.28. The number of nitrogens with zero attached hydrogens (tertiary/aromatic N) is 3. The molecule has 30 heavy (non-hydrogen) atoms. The van der Waals surface area contributed by atoms with Crippen molar-refractivity contribution in [2.45, 2.75) is 19.6 Å². The first-order valence-electron chi connectivity index (χ1n) is 9.28. The van der Waals surface area contributed by atoms with Crippen LogP contribution in [0.4, 0.5) is 14.5 Å². The average molecular weight is 412 g/mol. The predicted molar refractivity (Wildman–Crippen MR) is 111 cm³/mol. The maximum absolute atomic E-state index is 13.7. The Morgan fingerprint density at radius 2 is 1.93 bits per heavy atom. The molecule has 1 amide bonds. The molecule has 3 N–H and O–H groups in total. The number of halogens is 2. The van der Waals surface area contributed by atoms with Gasteiger partial charge < -0.3 is 16.0 Å². The van der Waals surface area contributed by atoms with Crippen molar-refractivity contribution in [3.8, 4) is 0 Å². The van der Waals surface area contributed by atoms with E-state index in [9.17, 15) is 13.6 Å². The van der Waals surface area contributed by atoms with E-state index >= 15 is 0 Å². The fourth-order valence-corrected chi connectivity index (χ4v) is 2.76. The second-order valence-corrected chi connectivity index (χ2v) is 6.47. The summed E-state index contributed by atoms with van der Waals surface area (Å²) in [4.78, 5) is 16.2. The van der Waals surface area contributed by atoms with Gasteiger partial charge in [-0.1, -0.05) is 12.1 Å². The van der Waals surface area contributed by atoms with E-state index in [-0.39, 0.29) is 24.6 Å². The molecular weight excluding hydrogens is 390 g/mol. The average Bonchev–Trinajstić information content (AvgIpc) is 3.23. The highest BCUT2D eigenvalue weighted by Crippen LogP contribution is 2.11. The number of hydrogen-bond acceptors (Lipinski definition) is 3. The van der Waals surface area contributed by atoms with Gasteiger partial charge in [0.15, 0.2) is 5.96 Å². The summed E-state index contributed by atoms with van der Waals surface area (Å²) in [5.41, 5.74) is 1.78. The van der Waals surface area contributed by atoms with E-state index in [0.29, 0.717) is 18.2 Å². The van der Waals surface area contributed by atoms with Crippen molar-refractivity contribution in [3.05, 3.63) is 83.7 Å². The molecule has 0 fully saturated rings. The zero-order chi connectivity index (χ0) is 21.3. The summed E-state index contributed by atoms with van der Waals surface area (Å²) in [6.45, 7) is 0.643. The van der Waals surface area contributed by atoms with Crippen molar-refractivity contribution in [1.82, 2.24) is 20.4 Å². The van der Waals surface area contributed by atoms with E-state index in [2.05, 4.69) is 26.0 Å². The number of carbonyl (C=O) groups is 1. The summed E-state index contributed by atoms with van der Waals surface area (Å²) < 4.78 is 28.6. The smallest absolute Gasteiger partial charge is 0.246 e. The van der Waals surface area contributed by atoms with E-state index < -0.39 is 11.6 Å². The van der Waals surface area contributed by atoms with Crippen molar-refractivity contribution in [2.24, 2.45) is 4.99 Å². The maximum atomic E-state index is 13.7. The van der Waals surface area contributed by atoms with Crippen LogP contribution in [0.15, 0.2) is 65.9 Å². The molecule has 0 aliphatic heterocycles. The van der Waals surface area contributed by atoms with Crippen LogP contribution in [0.2, 0.25) is 0 Å². The van der Waals surface area contributed by atoms with Gasteiger partial charge in [-0.15, -0.1) is 0 Å². The van der Waals surface area contributed by atoms with Crippen LogP contribution in [-0.4, -0.2) is 28.7 Å². The highest BCUT2D eigenvalue weighted by Gasteiger charge is 2.07. The van der Waals surface area contributed by atoms with Gasteiger partial charge in [0.25, 0.3) is 0 Å². The van der Waals surface area contributed by atoms with E-state index in [1.807, 2.05) is 18.2 Å². The summed E-state index contributed by atoms with van der Waals surface area (Å²) in [6, 6.07) is 12.4. The summed E-state index contributed by atoms with van der Waals surface area (Å²) in [7, 11) is 1.59. The lowest BCUT2D eigenvalue weighted by Crippen LogP contribution is -2.36. The molecule has 0 aliphatic rings. The number of benzene rings is 2. The number of carbonyl (C=O) groups excluding carboxylic acids is 1. The highest BCUT2D eigenvalue weighted by atomic mass is 19.1. The number of anilines is 1. The van der Waals surface area contributed by atoms with Crippen LogP contribution in [-0.2, 0) is 24.4 Å². The van der Waals surface area contributed by atoms with E-state index in [0.717, 1.165) is 23.8 Å². The largest absolute Gasteiger partial charge is 0.352 e. The van der Waals surface area contributed by atoms with Gasteiger partial charge in [0.1, 0.15) is 18.2 Å². The molecule has 0 aliphatic carbocycles. The standard InChI is InChI=1S/C21H22F2N6O/c1-24-21(26-13-16-11-17(22)6-7-19(16)23)25-12-15-4-2-5-18(10-15)28-20(30)14-29-9-3-8-27-29/h2-11H,12-14H2,1H3,(H,28,30)(H2,24,25,26). The van der Waals surface area contributed by atoms with Crippen molar-refractivity contribution in [3.63, 3.8) is 0 Å². The molecule has 3 rings (SSSR count). The van der Waals surface area contributed by atoms with Crippen molar-refractivity contribution < 1.29 is 13.6 Å². The zero-order valence-corrected chi connectivity index (χ0v) is 16.4. The van der Waals surface area contributed by atoms with E-state index in [1.54, 1.807) is 31.6 Å². The van der Waals surface area contributed by atoms with Crippen LogP contribution in [0.25, 0.3) is 0 Å². The quantitative estimate of drug-likeness (QED) is 0.412. The zero-order valence-electron chi connectivity index (χ0n) is 16.4. The Morgan fingerprint density at radius 3 is 2.70 bits per heavy atom. The van der Waals surface area contributed by atoms with Gasteiger partial charge in [0.2, 0.25) is 5.91 Å². The Kier molecular flexibility index (Phi) is 7.09. The van der Waals surface area contributed by atoms with Gasteiger partial charge in [0, 0.05) is 43.8 Å². The molecule has 1 heterocycles. The Hall–Kier alpha value is -3.75. The molecule has 2 aromatic carbocycles. The second kappa shape index (κ2) is 10.1. The molecule has 0 unspecified atom stereocenters. The third kappa shape index (κ3) is 6.13. The number of aliphatic imine (C=N–C) groups is 1. The van der Waals surface area contributed by atoms with Gasteiger partial charge in [-0.25, -0.2) is 8.78 Å². The number of hydrogen-bond donors (Lipinski definition) is 3. The van der Waals surface area contributed by atoms with Gasteiger partial charge in [-0.2, -0.15) is 5.10 Å². The van der Waals surface area contributed by atoms with Crippen LogP contribution in [0.3, 0.4) is 0 Å². The lowest BCUT2D eigenvalue weighted by molar-refractivity contribution is -0.116. The molecule has 0 saturated heterocycles. The predicted octanol–water partition coefficient (Wildman–Crippen LogP) is 2.67. The van der Waals surface area contributed by atoms with Crippen molar-refractivity contribution in [2.75, 3.05) is 12.4 Å². The number of rotatable bonds is 7. The minimum Gasteiger partial charge on any atom is -0.352 e. The van der Waals surface area contributed by atoms with Crippen molar-refractivity contribution >= 4 is 17.6 Å². The Labute approximate surface area is 172 Å². The first-order chi connectivity index (χ1) is 14.5. The van der Waals surface area contributed by atoms with Crippen LogP contribution in [0, 0.1) is 11.6 Å². The molecule has 3 aromatic rings. The Morgan fingerprint density at radius 1 is 1.10 bits per heavy atom. The van der Waals surface area contributed by atoms with Gasteiger partial charge in [0.05, 0.1) is 0 Å². The van der Waals surface area contributed by atoms with E-state index in [4.69, 9.17) is 0 Å². The van der Waals surface area contributed by atoms with Crippen LogP contribution >= 0.6 is 0 Å². The SMILES string of the molecule is CN=C(NCc1cccc(NC(=O)Cn2cccn2)c1)NCc1cc(F)ccc1F. The fraction of sp³-hybridized carbons (Fsp3) is 0.190. The van der Waals surface area contributed by atoms with Crippen LogP contribution in [0.1, 0.15) is 11.1 Å². The van der Waals surface area contributed by atoms with Crippen LogP contribution in [0.5, 0.6) is 0 Å². The molecule has 0 bridgehead atoms. The van der Waals surface area contributed by atoms with Crippen LogP contribution < -0.4 is 16.0 Å². The topological polar surface area (TPSA) is 83.3 Å². The fourth-order valence-electron chi connectivity index (χ4n) is 2.76. The summed E-state index contributed by atoms with van der Waals surface area (Å²) >= 11 is 0. The molecule has 1 aromatic heterocycles. The Balaban J connectivity index is 1.52. The minimum atomic E-state index is -0.498. The number of nitrogens with one attached hydrogen (secondary N) is 3. The number of amides is 1. The normalized spacial score (nSPS) is 11.2. The minimum absolute atomic E-state index is 0.0901. The monoisotopic (exact) mass is 412 g/mol. The molecule has 156 valence electrons. The van der Waals surface area contributed by atoms with Gasteiger partial charge in [-0.05, 0) is 42.0 Å². The maximum Gasteiger partial charge on any atom is 0.246 e. The highest BCUT2D eigenvalue weighted by molar-refractivity contribution is 5.90. The molecule has 0 saturated carbocycles. The van der Waals surface area contributed by atoms with Crippen molar-refractivity contribution in [1.29, 1.82) is 0 Å². The second-order valence-electron chi connectivity index (χ2n) is 6.47. The molecule has 9 heteroatoms. The Bertz CT molecular complexity index is 1020. The third-order valence-electron chi connectivity index (χ3n) is 4.21. The third-order valence-corrected chi connectivity index (χ3v) is 4.21. The summed E-state index contributed by atoms with van der Waals surface area (Å²) in [5, 5.41) is 12.9. The lowest BCUT2D eigenvalue weighted by atomic mass is 10.2. The first kappa shape index (κ1) is 21.0. The van der Waals surface area contributed by atoms with E-state index in [1.165, 1.54) is 4.68 Å². The molecular formula is C21H22F2N6O. The molecule has 0 spiro atoms. The van der Waals surface area contributed by atoms with Gasteiger partial charge >= 0.3 is 0 Å². The molecule has 0 radical (unpaired) electrons. The lowest BCUT2D eigenvalue weighted by Gasteiger charge is -2.13. The molecule has 7 nitrogen and oxygen atoms in total. The van der Waals surface area contributed by atoms with Gasteiger partial charge in [-0.3, -0.25) is 14.5 Å². The molecule has 0 atom stereocenters. The summed E-state index contributed by atoms with van der Waals surface area (Å²) in [6.07, 6.45) is 3.33. The number of guanidine groups is 1. The summed E-state index contributed by atoms with van der Waals surface area (Å²) in [5.74, 6) is -0.731.